The summed E-state index contributed by atoms with van der Waals surface area (Å²) in [5, 5.41) is 2.72. The number of ether oxygens (including phenoxy) is 1. The highest BCUT2D eigenvalue weighted by Gasteiger charge is 2.28. The third kappa shape index (κ3) is 4.05. The van der Waals surface area contributed by atoms with Gasteiger partial charge in [-0.1, -0.05) is 13.8 Å². The highest BCUT2D eigenvalue weighted by atomic mass is 16.5. The number of nitrogens with one attached hydrogen (secondary N) is 1. The monoisotopic (exact) mass is 318 g/mol. The Morgan fingerprint density at radius 2 is 1.78 bits per heavy atom. The second-order valence-corrected chi connectivity index (χ2v) is 6.23. The van der Waals surface area contributed by atoms with E-state index in [1.165, 1.54) is 24.0 Å². The zero-order valence-electron chi connectivity index (χ0n) is 14.9. The number of benzene rings is 1. The van der Waals surface area contributed by atoms with Crippen LogP contribution >= 0.6 is 0 Å². The van der Waals surface area contributed by atoms with Crippen molar-refractivity contribution in [2.45, 2.75) is 52.5 Å². The normalized spacial score (nSPS) is 16.5. The van der Waals surface area contributed by atoms with E-state index in [0.29, 0.717) is 24.0 Å². The summed E-state index contributed by atoms with van der Waals surface area (Å²) >= 11 is 0. The van der Waals surface area contributed by atoms with Crippen LogP contribution in [-0.4, -0.2) is 43.6 Å². The van der Waals surface area contributed by atoms with Crippen molar-refractivity contribution in [2.24, 2.45) is 0 Å². The van der Waals surface area contributed by atoms with Gasteiger partial charge >= 0.3 is 0 Å². The third-order valence-electron chi connectivity index (χ3n) is 4.52. The van der Waals surface area contributed by atoms with Gasteiger partial charge in [0.1, 0.15) is 5.75 Å². The summed E-state index contributed by atoms with van der Waals surface area (Å²) in [6.45, 7) is 9.29. The Morgan fingerprint density at radius 1 is 1.17 bits per heavy atom. The summed E-state index contributed by atoms with van der Waals surface area (Å²) < 4.78 is 5.70. The maximum absolute atomic E-state index is 12.1. The van der Waals surface area contributed by atoms with Gasteiger partial charge in [-0.05, 0) is 69.0 Å². The zero-order valence-corrected chi connectivity index (χ0v) is 14.9. The predicted molar refractivity (Wildman–Crippen MR) is 94.4 cm³/mol. The van der Waals surface area contributed by atoms with Crippen molar-refractivity contribution in [3.63, 3.8) is 0 Å². The molecule has 0 aromatic heterocycles. The van der Waals surface area contributed by atoms with E-state index in [1.54, 1.807) is 7.05 Å². The van der Waals surface area contributed by atoms with Crippen molar-refractivity contribution in [2.75, 3.05) is 26.7 Å². The number of amides is 1. The maximum atomic E-state index is 12.1. The molecule has 128 valence electrons. The molecule has 0 radical (unpaired) electrons. The van der Waals surface area contributed by atoms with Gasteiger partial charge < -0.3 is 10.1 Å². The fourth-order valence-electron chi connectivity index (χ4n) is 3.52. The lowest BCUT2D eigenvalue weighted by Gasteiger charge is -2.27. The van der Waals surface area contributed by atoms with Crippen molar-refractivity contribution in [3.8, 4) is 5.75 Å². The topological polar surface area (TPSA) is 41.6 Å². The zero-order chi connectivity index (χ0) is 16.8. The molecule has 0 spiro atoms. The fourth-order valence-corrected chi connectivity index (χ4v) is 3.52. The first kappa shape index (κ1) is 17.8. The van der Waals surface area contributed by atoms with E-state index in [0.717, 1.165) is 25.9 Å². The molecule has 0 fully saturated rings. The highest BCUT2D eigenvalue weighted by molar-refractivity contribution is 5.97. The van der Waals surface area contributed by atoms with E-state index in [4.69, 9.17) is 4.74 Å². The molecule has 1 N–H and O–H groups in total. The molecule has 1 unspecified atom stereocenters. The van der Waals surface area contributed by atoms with Gasteiger partial charge in [0.05, 0.1) is 12.2 Å². The molecule has 0 aliphatic heterocycles. The van der Waals surface area contributed by atoms with E-state index < -0.39 is 0 Å². The molecule has 1 aliphatic carbocycles. The summed E-state index contributed by atoms with van der Waals surface area (Å²) in [6, 6.07) is 4.67. The summed E-state index contributed by atoms with van der Waals surface area (Å²) in [5.41, 5.74) is 3.30. The largest absolute Gasteiger partial charge is 0.493 e. The minimum atomic E-state index is -0.0707. The van der Waals surface area contributed by atoms with Gasteiger partial charge in [0.25, 0.3) is 5.91 Å². The molecule has 1 atom stereocenters. The summed E-state index contributed by atoms with van der Waals surface area (Å²) in [4.78, 5) is 14.7. The van der Waals surface area contributed by atoms with Gasteiger partial charge in [-0.2, -0.15) is 0 Å². The van der Waals surface area contributed by atoms with E-state index in [2.05, 4.69) is 30.1 Å². The molecule has 1 amide bonds. The molecule has 4 heteroatoms. The maximum Gasteiger partial charge on any atom is 0.254 e. The lowest BCUT2D eigenvalue weighted by atomic mass is 10.0. The Hall–Kier alpha value is -1.55. The van der Waals surface area contributed by atoms with Crippen LogP contribution in [0.25, 0.3) is 0 Å². The van der Waals surface area contributed by atoms with Gasteiger partial charge in [-0.3, -0.25) is 9.69 Å². The molecule has 23 heavy (non-hydrogen) atoms. The average Bonchev–Trinajstić information content (AvgIpc) is 2.96. The van der Waals surface area contributed by atoms with Gasteiger partial charge in [0.2, 0.25) is 0 Å². The van der Waals surface area contributed by atoms with Crippen molar-refractivity contribution in [1.29, 1.82) is 0 Å². The smallest absolute Gasteiger partial charge is 0.254 e. The van der Waals surface area contributed by atoms with Crippen LogP contribution in [0.5, 0.6) is 5.75 Å². The summed E-state index contributed by atoms with van der Waals surface area (Å²) in [6.07, 6.45) is 4.45. The number of hydrogen-bond donors (Lipinski definition) is 1. The van der Waals surface area contributed by atoms with Crippen LogP contribution < -0.4 is 10.1 Å². The van der Waals surface area contributed by atoms with Crippen LogP contribution in [0.1, 0.15) is 55.1 Å². The second kappa shape index (κ2) is 8.34. The second-order valence-electron chi connectivity index (χ2n) is 6.23. The average molecular weight is 318 g/mol. The first-order valence-electron chi connectivity index (χ1n) is 8.89. The van der Waals surface area contributed by atoms with Crippen molar-refractivity contribution >= 4 is 5.91 Å². The highest BCUT2D eigenvalue weighted by Crippen LogP contribution is 2.32. The van der Waals surface area contributed by atoms with Gasteiger partial charge in [0.15, 0.2) is 0 Å². The van der Waals surface area contributed by atoms with Crippen LogP contribution in [0.4, 0.5) is 0 Å². The Balaban J connectivity index is 2.25. The molecular formula is C19H30N2O2. The quantitative estimate of drug-likeness (QED) is 0.801. The molecule has 2 rings (SSSR count). The molecule has 1 aromatic rings. The van der Waals surface area contributed by atoms with E-state index in [1.807, 2.05) is 13.0 Å². The van der Waals surface area contributed by atoms with Crippen molar-refractivity contribution < 1.29 is 9.53 Å². The Morgan fingerprint density at radius 3 is 2.30 bits per heavy atom. The summed E-state index contributed by atoms with van der Waals surface area (Å²) in [5.74, 6) is 0.641. The number of carbonyl (C=O) groups is 1. The van der Waals surface area contributed by atoms with Crippen LogP contribution in [0, 0.1) is 0 Å². The standard InChI is InChI=1S/C19H30N2O2/c1-5-8-21(9-6-2)16-10-14-12-17(19(22)20-4)18(23-7-3)13-15(14)11-16/h12-13,16H,5-11H2,1-4H3,(H,20,22). The minimum Gasteiger partial charge on any atom is -0.493 e. The molecule has 4 nitrogen and oxygen atoms in total. The van der Waals surface area contributed by atoms with Gasteiger partial charge in [0, 0.05) is 13.1 Å². The molecule has 0 saturated carbocycles. The lowest BCUT2D eigenvalue weighted by Crippen LogP contribution is -2.37. The van der Waals surface area contributed by atoms with E-state index in [9.17, 15) is 4.79 Å². The van der Waals surface area contributed by atoms with Crippen LogP contribution in [0.2, 0.25) is 0 Å². The lowest BCUT2D eigenvalue weighted by molar-refractivity contribution is 0.0959. The Kier molecular flexibility index (Phi) is 6.46. The Labute approximate surface area is 140 Å². The Bertz CT molecular complexity index is 536. The molecule has 1 aromatic carbocycles. The minimum absolute atomic E-state index is 0.0707. The number of nitrogens with zero attached hydrogens (tertiary/aromatic N) is 1. The van der Waals surface area contributed by atoms with Crippen LogP contribution in [-0.2, 0) is 12.8 Å². The van der Waals surface area contributed by atoms with Crippen LogP contribution in [0.15, 0.2) is 12.1 Å². The number of fused-ring (bicyclic) bond motifs is 1. The first-order valence-corrected chi connectivity index (χ1v) is 8.89. The third-order valence-corrected chi connectivity index (χ3v) is 4.52. The molecule has 0 saturated heterocycles. The van der Waals surface area contributed by atoms with Crippen LogP contribution in [0.3, 0.4) is 0 Å². The van der Waals surface area contributed by atoms with Crippen molar-refractivity contribution in [3.05, 3.63) is 28.8 Å². The van der Waals surface area contributed by atoms with Crippen molar-refractivity contribution in [1.82, 2.24) is 10.2 Å². The fraction of sp³-hybridized carbons (Fsp3) is 0.632. The molecule has 0 bridgehead atoms. The van der Waals surface area contributed by atoms with Gasteiger partial charge in [-0.15, -0.1) is 0 Å². The predicted octanol–water partition coefficient (Wildman–Crippen LogP) is 3.03. The number of carbonyl (C=O) groups excluding carboxylic acids is 1. The van der Waals surface area contributed by atoms with E-state index in [-0.39, 0.29) is 5.91 Å². The molecular weight excluding hydrogens is 288 g/mol. The number of hydrogen-bond acceptors (Lipinski definition) is 3. The first-order chi connectivity index (χ1) is 11.1. The molecule has 1 aliphatic rings. The van der Waals surface area contributed by atoms with E-state index >= 15 is 0 Å². The number of rotatable bonds is 8. The summed E-state index contributed by atoms with van der Waals surface area (Å²) in [7, 11) is 1.67. The SMILES string of the molecule is CCCN(CCC)C1Cc2cc(OCC)c(C(=O)NC)cc2C1. The van der Waals surface area contributed by atoms with Gasteiger partial charge in [-0.25, -0.2) is 0 Å². The molecule has 0 heterocycles.